The van der Waals surface area contributed by atoms with E-state index in [9.17, 15) is 18.8 Å². The Hall–Kier alpha value is -5.46. The summed E-state index contributed by atoms with van der Waals surface area (Å²) in [5.41, 5.74) is 2.32. The van der Waals surface area contributed by atoms with E-state index in [1.807, 2.05) is 17.5 Å². The number of carbonyl (C=O) groups is 3. The summed E-state index contributed by atoms with van der Waals surface area (Å²) in [5.74, 6) is -0.709. The second-order valence-corrected chi connectivity index (χ2v) is 12.5. The van der Waals surface area contributed by atoms with Crippen molar-refractivity contribution in [3.63, 3.8) is 0 Å². The zero-order valence-corrected chi connectivity index (χ0v) is 27.8. The van der Waals surface area contributed by atoms with Gasteiger partial charge in [-0.15, -0.1) is 23.1 Å². The number of anilines is 2. The van der Waals surface area contributed by atoms with Crippen LogP contribution in [0.2, 0.25) is 0 Å². The maximum absolute atomic E-state index is 14.4. The number of nitrogens with zero attached hydrogens (tertiary/aromatic N) is 1. The second kappa shape index (κ2) is 15.9. The van der Waals surface area contributed by atoms with Gasteiger partial charge in [-0.3, -0.25) is 14.4 Å². The minimum Gasteiger partial charge on any atom is -0.493 e. The third-order valence-corrected chi connectivity index (χ3v) is 8.81. The molecule has 1 unspecified atom stereocenters. The maximum Gasteiger partial charge on any atom is 0.272 e. The van der Waals surface area contributed by atoms with Gasteiger partial charge in [0.1, 0.15) is 11.5 Å². The van der Waals surface area contributed by atoms with E-state index in [1.165, 1.54) is 47.4 Å². The Balaban J connectivity index is 1.21. The number of thioether (sulfide) groups is 1. The van der Waals surface area contributed by atoms with Crippen molar-refractivity contribution in [2.75, 3.05) is 24.9 Å². The van der Waals surface area contributed by atoms with E-state index in [4.69, 9.17) is 9.47 Å². The molecule has 3 amide bonds. The fourth-order valence-corrected chi connectivity index (χ4v) is 6.02. The molecule has 0 radical (unpaired) electrons. The summed E-state index contributed by atoms with van der Waals surface area (Å²) in [6, 6.07) is 26.7. The number of halogens is 1. The Morgan fingerprint density at radius 1 is 0.875 bits per heavy atom. The number of benzene rings is 4. The molecule has 1 heterocycles. The first-order chi connectivity index (χ1) is 23.2. The maximum atomic E-state index is 14.4. The Labute approximate surface area is 285 Å². The number of aromatic nitrogens is 1. The summed E-state index contributed by atoms with van der Waals surface area (Å²) in [7, 11) is 3.14. The molecular weight excluding hydrogens is 652 g/mol. The molecule has 0 aliphatic heterocycles. The normalized spacial score (nSPS) is 11.7. The number of amides is 3. The van der Waals surface area contributed by atoms with Gasteiger partial charge in [-0.2, -0.15) is 0 Å². The molecule has 244 valence electrons. The van der Waals surface area contributed by atoms with Crippen LogP contribution < -0.4 is 25.4 Å². The van der Waals surface area contributed by atoms with E-state index in [-0.39, 0.29) is 17.2 Å². The van der Waals surface area contributed by atoms with Crippen molar-refractivity contribution in [1.82, 2.24) is 10.3 Å². The molecule has 4 aromatic carbocycles. The lowest BCUT2D eigenvalue weighted by Crippen LogP contribution is -2.30. The monoisotopic (exact) mass is 682 g/mol. The summed E-state index contributed by atoms with van der Waals surface area (Å²) in [4.78, 5) is 44.4. The molecule has 48 heavy (non-hydrogen) atoms. The number of hydrogen-bond donors (Lipinski definition) is 3. The van der Waals surface area contributed by atoms with E-state index in [0.29, 0.717) is 33.6 Å². The molecule has 1 aromatic heterocycles. The highest BCUT2D eigenvalue weighted by molar-refractivity contribution is 8.00. The predicted molar refractivity (Wildman–Crippen MR) is 188 cm³/mol. The van der Waals surface area contributed by atoms with E-state index in [1.54, 1.807) is 87.9 Å². The van der Waals surface area contributed by atoms with Gasteiger partial charge in [0.05, 0.1) is 25.2 Å². The average Bonchev–Trinajstić information content (AvgIpc) is 3.58. The highest BCUT2D eigenvalue weighted by Gasteiger charge is 2.19. The third-order valence-electron chi connectivity index (χ3n) is 6.94. The first-order valence-electron chi connectivity index (χ1n) is 14.6. The van der Waals surface area contributed by atoms with Crippen LogP contribution in [0.25, 0.3) is 17.3 Å². The van der Waals surface area contributed by atoms with Crippen molar-refractivity contribution < 1.29 is 28.2 Å². The molecule has 3 N–H and O–H groups in total. The highest BCUT2D eigenvalue weighted by atomic mass is 32.2. The van der Waals surface area contributed by atoms with Gasteiger partial charge in [-0.25, -0.2) is 9.37 Å². The number of rotatable bonds is 12. The van der Waals surface area contributed by atoms with Crippen molar-refractivity contribution >= 4 is 57.7 Å². The van der Waals surface area contributed by atoms with E-state index in [2.05, 4.69) is 20.9 Å². The molecule has 5 aromatic rings. The molecule has 0 spiro atoms. The number of carbonyl (C=O) groups excluding carboxylic acids is 3. The summed E-state index contributed by atoms with van der Waals surface area (Å²) < 4.78 is 25.1. The molecule has 0 saturated heterocycles. The van der Waals surface area contributed by atoms with Gasteiger partial charge in [0.25, 0.3) is 11.8 Å². The molecule has 0 saturated carbocycles. The van der Waals surface area contributed by atoms with Crippen LogP contribution >= 0.6 is 23.1 Å². The van der Waals surface area contributed by atoms with Crippen molar-refractivity contribution in [3.05, 3.63) is 125 Å². The molecule has 1 atom stereocenters. The molecule has 9 nitrogen and oxygen atoms in total. The van der Waals surface area contributed by atoms with E-state index < -0.39 is 22.9 Å². The minimum atomic E-state index is -0.633. The van der Waals surface area contributed by atoms with Crippen LogP contribution in [0, 0.1) is 5.82 Å². The third kappa shape index (κ3) is 8.66. The summed E-state index contributed by atoms with van der Waals surface area (Å²) in [6.45, 7) is 1.79. The molecule has 0 aliphatic carbocycles. The fraction of sp³-hybridized carbons (Fsp3) is 0.111. The number of ether oxygens (including phenoxy) is 2. The van der Waals surface area contributed by atoms with E-state index >= 15 is 0 Å². The lowest BCUT2D eigenvalue weighted by atomic mass is 10.1. The molecule has 0 bridgehead atoms. The first-order valence-corrected chi connectivity index (χ1v) is 16.4. The molecule has 0 aliphatic rings. The smallest absolute Gasteiger partial charge is 0.272 e. The zero-order valence-electron chi connectivity index (χ0n) is 26.2. The van der Waals surface area contributed by atoms with E-state index in [0.717, 1.165) is 10.5 Å². The van der Waals surface area contributed by atoms with Crippen LogP contribution in [0.4, 0.5) is 15.2 Å². The second-order valence-electron chi connectivity index (χ2n) is 10.2. The van der Waals surface area contributed by atoms with Gasteiger partial charge in [0.2, 0.25) is 5.91 Å². The van der Waals surface area contributed by atoms with Crippen LogP contribution in [0.3, 0.4) is 0 Å². The summed E-state index contributed by atoms with van der Waals surface area (Å²) in [6.07, 6.45) is 1.29. The Kier molecular flexibility index (Phi) is 11.2. The fourth-order valence-electron chi connectivity index (χ4n) is 4.43. The molecule has 5 rings (SSSR count). The van der Waals surface area contributed by atoms with Crippen molar-refractivity contribution in [2.24, 2.45) is 0 Å². The van der Waals surface area contributed by atoms with Gasteiger partial charge in [0, 0.05) is 32.7 Å². The first kappa shape index (κ1) is 33.9. The minimum absolute atomic E-state index is 0.130. The lowest BCUT2D eigenvalue weighted by Gasteiger charge is -2.13. The summed E-state index contributed by atoms with van der Waals surface area (Å²) >= 11 is 2.65. The summed E-state index contributed by atoms with van der Waals surface area (Å²) in [5, 5.41) is 10.1. The quantitative estimate of drug-likeness (QED) is 0.0922. The van der Waals surface area contributed by atoms with Crippen LogP contribution in [0.15, 0.2) is 113 Å². The highest BCUT2D eigenvalue weighted by Crippen LogP contribution is 2.34. The number of nitrogens with one attached hydrogen (secondary N) is 3. The topological polar surface area (TPSA) is 119 Å². The standard InChI is InChI=1S/C36H31FN4O5S2/c1-22(33(42)41-36-40-30(21-47-36)25-13-18-31(45-2)32(20-25)46-3)48-27-16-14-26(15-17-27)38-35(44)29(19-24-11-7-8-12-28(24)37)39-34(43)23-9-5-4-6-10-23/h4-22H,1-3H3,(H,38,44)(H,39,43)(H,40,41,42)/b29-19-. The Morgan fingerprint density at radius 2 is 1.58 bits per heavy atom. The van der Waals surface area contributed by atoms with Gasteiger partial charge < -0.3 is 25.4 Å². The zero-order chi connectivity index (χ0) is 34.0. The van der Waals surface area contributed by atoms with Crippen molar-refractivity contribution in [1.29, 1.82) is 0 Å². The predicted octanol–water partition coefficient (Wildman–Crippen LogP) is 7.50. The largest absolute Gasteiger partial charge is 0.493 e. The van der Waals surface area contributed by atoms with Crippen LogP contribution in [-0.4, -0.2) is 42.2 Å². The number of methoxy groups -OCH3 is 2. The van der Waals surface area contributed by atoms with Gasteiger partial charge in [0.15, 0.2) is 16.6 Å². The van der Waals surface area contributed by atoms with Gasteiger partial charge >= 0.3 is 0 Å². The average molecular weight is 683 g/mol. The van der Waals surface area contributed by atoms with Crippen molar-refractivity contribution in [2.45, 2.75) is 17.1 Å². The molecule has 12 heteroatoms. The van der Waals surface area contributed by atoms with Gasteiger partial charge in [-0.05, 0) is 73.7 Å². The number of hydrogen-bond acceptors (Lipinski definition) is 8. The Bertz CT molecular complexity index is 1950. The van der Waals surface area contributed by atoms with Crippen LogP contribution in [-0.2, 0) is 9.59 Å². The van der Waals surface area contributed by atoms with Crippen LogP contribution in [0.1, 0.15) is 22.8 Å². The molecular formula is C36H31FN4O5S2. The lowest BCUT2D eigenvalue weighted by molar-refractivity contribution is -0.115. The molecule has 0 fully saturated rings. The van der Waals surface area contributed by atoms with Gasteiger partial charge in [-0.1, -0.05) is 36.4 Å². The SMILES string of the molecule is COc1ccc(-c2csc(NC(=O)C(C)Sc3ccc(NC(=O)/C(=C/c4ccccc4F)NC(=O)c4ccccc4)cc3)n2)cc1OC. The Morgan fingerprint density at radius 3 is 2.29 bits per heavy atom. The number of thiazole rings is 1. The van der Waals surface area contributed by atoms with Crippen LogP contribution in [0.5, 0.6) is 11.5 Å². The van der Waals surface area contributed by atoms with Crippen molar-refractivity contribution in [3.8, 4) is 22.8 Å².